The maximum atomic E-state index is 12.9. The Morgan fingerprint density at radius 2 is 1.59 bits per heavy atom. The summed E-state index contributed by atoms with van der Waals surface area (Å²) in [4.78, 5) is 0. The number of alkyl halides is 3. The third kappa shape index (κ3) is 6.30. The molecule has 0 amide bonds. The van der Waals surface area contributed by atoms with Gasteiger partial charge in [-0.1, -0.05) is 51.1 Å². The molecule has 0 aliphatic carbocycles. The number of hydrogen-bond donors (Lipinski definition) is 1. The van der Waals surface area contributed by atoms with Gasteiger partial charge in [0.1, 0.15) is 17.2 Å². The van der Waals surface area contributed by atoms with Crippen LogP contribution in [0.5, 0.6) is 0 Å². The van der Waals surface area contributed by atoms with Crippen molar-refractivity contribution in [2.75, 3.05) is 5.32 Å². The first-order chi connectivity index (χ1) is 13.5. The lowest BCUT2D eigenvalue weighted by atomic mass is 9.87. The minimum absolute atomic E-state index is 0.0244. The molecule has 0 heterocycles. The largest absolute Gasteiger partial charge is 0.416 e. The topological polar surface area (TPSA) is 59.6 Å². The lowest BCUT2D eigenvalue weighted by Gasteiger charge is -2.19. The van der Waals surface area contributed by atoms with Gasteiger partial charge in [-0.15, -0.1) is 11.8 Å². The number of nitrogens with one attached hydrogen (secondary N) is 1. The van der Waals surface area contributed by atoms with E-state index >= 15 is 0 Å². The number of halogens is 3. The third-order valence-corrected chi connectivity index (χ3v) is 5.17. The molecule has 0 aliphatic heterocycles. The number of rotatable bonds is 5. The molecular formula is C22H20F3N3S. The van der Waals surface area contributed by atoms with E-state index in [0.29, 0.717) is 5.75 Å². The first kappa shape index (κ1) is 22.4. The fourth-order valence-electron chi connectivity index (χ4n) is 2.46. The Morgan fingerprint density at radius 1 is 0.966 bits per heavy atom. The first-order valence-corrected chi connectivity index (χ1v) is 9.74. The van der Waals surface area contributed by atoms with Crippen LogP contribution in [0.1, 0.15) is 37.5 Å². The summed E-state index contributed by atoms with van der Waals surface area (Å²) in [6.07, 6.45) is -4.48. The van der Waals surface area contributed by atoms with Gasteiger partial charge < -0.3 is 5.32 Å². The Balaban J connectivity index is 2.22. The van der Waals surface area contributed by atoms with Gasteiger partial charge in [0.15, 0.2) is 5.57 Å². The van der Waals surface area contributed by atoms with E-state index in [-0.39, 0.29) is 21.7 Å². The maximum Gasteiger partial charge on any atom is 0.416 e. The van der Waals surface area contributed by atoms with Crippen LogP contribution in [0.2, 0.25) is 0 Å². The van der Waals surface area contributed by atoms with E-state index < -0.39 is 11.7 Å². The molecule has 150 valence electrons. The molecule has 0 atom stereocenters. The van der Waals surface area contributed by atoms with Crippen molar-refractivity contribution in [2.24, 2.45) is 0 Å². The summed E-state index contributed by atoms with van der Waals surface area (Å²) in [6, 6.07) is 16.2. The van der Waals surface area contributed by atoms with Gasteiger partial charge in [-0.05, 0) is 34.7 Å². The molecule has 3 nitrogen and oxygen atoms in total. The van der Waals surface area contributed by atoms with Gasteiger partial charge >= 0.3 is 6.18 Å². The quantitative estimate of drug-likeness (QED) is 0.559. The summed E-state index contributed by atoms with van der Waals surface area (Å²) in [5.74, 6) is 0.457. The van der Waals surface area contributed by atoms with E-state index in [0.717, 1.165) is 17.7 Å². The van der Waals surface area contributed by atoms with Crippen LogP contribution in [0.4, 0.5) is 18.9 Å². The molecule has 29 heavy (non-hydrogen) atoms. The lowest BCUT2D eigenvalue weighted by Crippen LogP contribution is -2.10. The fourth-order valence-corrected chi connectivity index (χ4v) is 3.39. The van der Waals surface area contributed by atoms with Gasteiger partial charge in [-0.25, -0.2) is 0 Å². The van der Waals surface area contributed by atoms with Crippen molar-refractivity contribution in [3.63, 3.8) is 0 Å². The normalized spacial score (nSPS) is 11.3. The Morgan fingerprint density at radius 3 is 2.10 bits per heavy atom. The van der Waals surface area contributed by atoms with Crippen LogP contribution in [0.25, 0.3) is 0 Å². The first-order valence-electron chi connectivity index (χ1n) is 8.75. The Labute approximate surface area is 172 Å². The van der Waals surface area contributed by atoms with E-state index in [9.17, 15) is 23.7 Å². The standard InChI is InChI=1S/C22H20F3N3S/c1-21(2,3)17-9-7-15(8-10-17)14-29-20(16(12-26)13-27)28-19-6-4-5-18(11-19)22(23,24)25/h4-11,28H,14H2,1-3H3. The summed E-state index contributed by atoms with van der Waals surface area (Å²) >= 11 is 1.20. The monoisotopic (exact) mass is 415 g/mol. The van der Waals surface area contributed by atoms with Crippen molar-refractivity contribution >= 4 is 17.4 Å². The van der Waals surface area contributed by atoms with Crippen molar-refractivity contribution < 1.29 is 13.2 Å². The molecule has 0 aliphatic rings. The average molecular weight is 415 g/mol. The Bertz CT molecular complexity index is 957. The molecular weight excluding hydrogens is 395 g/mol. The van der Waals surface area contributed by atoms with Crippen molar-refractivity contribution in [1.29, 1.82) is 10.5 Å². The fraction of sp³-hybridized carbons (Fsp3) is 0.273. The van der Waals surface area contributed by atoms with Gasteiger partial charge in [0.2, 0.25) is 0 Å². The number of nitriles is 2. The van der Waals surface area contributed by atoms with Gasteiger partial charge in [0.25, 0.3) is 0 Å². The zero-order chi connectivity index (χ0) is 21.7. The number of nitrogens with zero attached hydrogens (tertiary/aromatic N) is 2. The van der Waals surface area contributed by atoms with Gasteiger partial charge in [-0.2, -0.15) is 23.7 Å². The predicted octanol–water partition coefficient (Wildman–Crippen LogP) is 6.61. The van der Waals surface area contributed by atoms with Gasteiger partial charge in [0, 0.05) is 11.4 Å². The van der Waals surface area contributed by atoms with Crippen LogP contribution < -0.4 is 5.32 Å². The summed E-state index contributed by atoms with van der Waals surface area (Å²) in [5, 5.41) is 21.4. The van der Waals surface area contributed by atoms with E-state index in [1.54, 1.807) is 12.1 Å². The molecule has 0 saturated heterocycles. The molecule has 0 bridgehead atoms. The lowest BCUT2D eigenvalue weighted by molar-refractivity contribution is -0.137. The number of anilines is 1. The van der Waals surface area contributed by atoms with Crippen molar-refractivity contribution in [3.8, 4) is 12.1 Å². The second kappa shape index (κ2) is 9.07. The molecule has 0 radical (unpaired) electrons. The van der Waals surface area contributed by atoms with Crippen LogP contribution in [0, 0.1) is 22.7 Å². The highest BCUT2D eigenvalue weighted by Crippen LogP contribution is 2.33. The molecule has 0 fully saturated rings. The van der Waals surface area contributed by atoms with E-state index in [1.807, 2.05) is 24.3 Å². The minimum atomic E-state index is -4.48. The van der Waals surface area contributed by atoms with Crippen LogP contribution in [-0.4, -0.2) is 0 Å². The van der Waals surface area contributed by atoms with Gasteiger partial charge in [-0.3, -0.25) is 0 Å². The number of hydrogen-bond acceptors (Lipinski definition) is 4. The molecule has 0 unspecified atom stereocenters. The molecule has 0 saturated carbocycles. The number of benzene rings is 2. The average Bonchev–Trinajstić information content (AvgIpc) is 2.66. The molecule has 2 aromatic carbocycles. The SMILES string of the molecule is CC(C)(C)c1ccc(CSC(Nc2cccc(C(F)(F)F)c2)=C(C#N)C#N)cc1. The van der Waals surface area contributed by atoms with Crippen LogP contribution in [0.3, 0.4) is 0 Å². The molecule has 0 spiro atoms. The molecule has 2 rings (SSSR count). The van der Waals surface area contributed by atoms with Crippen LogP contribution in [0.15, 0.2) is 59.1 Å². The summed E-state index contributed by atoms with van der Waals surface area (Å²) in [6.45, 7) is 6.34. The summed E-state index contributed by atoms with van der Waals surface area (Å²) in [7, 11) is 0. The smallest absolute Gasteiger partial charge is 0.349 e. The van der Waals surface area contributed by atoms with Crippen LogP contribution >= 0.6 is 11.8 Å². The van der Waals surface area contributed by atoms with E-state index in [1.165, 1.54) is 29.5 Å². The second-order valence-electron chi connectivity index (χ2n) is 7.37. The number of allylic oxidation sites excluding steroid dienone is 1. The van der Waals surface area contributed by atoms with Crippen molar-refractivity contribution in [2.45, 2.75) is 38.1 Å². The summed E-state index contributed by atoms with van der Waals surface area (Å²) in [5.41, 5.74) is 1.35. The van der Waals surface area contributed by atoms with E-state index in [4.69, 9.17) is 0 Å². The van der Waals surface area contributed by atoms with E-state index in [2.05, 4.69) is 26.1 Å². The zero-order valence-corrected chi connectivity index (χ0v) is 17.1. The predicted molar refractivity (Wildman–Crippen MR) is 110 cm³/mol. The Hall–Kier alpha value is -2.90. The highest BCUT2D eigenvalue weighted by molar-refractivity contribution is 8.02. The molecule has 1 N–H and O–H groups in total. The molecule has 7 heteroatoms. The maximum absolute atomic E-state index is 12.9. The second-order valence-corrected chi connectivity index (χ2v) is 8.35. The van der Waals surface area contributed by atoms with Crippen molar-refractivity contribution in [3.05, 3.63) is 75.8 Å². The van der Waals surface area contributed by atoms with Gasteiger partial charge in [0.05, 0.1) is 5.56 Å². The zero-order valence-electron chi connectivity index (χ0n) is 16.3. The molecule has 0 aromatic heterocycles. The highest BCUT2D eigenvalue weighted by atomic mass is 32.2. The Kier molecular flexibility index (Phi) is 7.00. The molecule has 2 aromatic rings. The number of thioether (sulfide) groups is 1. The summed E-state index contributed by atoms with van der Waals surface area (Å²) < 4.78 is 38.8. The highest BCUT2D eigenvalue weighted by Gasteiger charge is 2.30. The minimum Gasteiger partial charge on any atom is -0.349 e. The third-order valence-electron chi connectivity index (χ3n) is 4.10. The van der Waals surface area contributed by atoms with Crippen molar-refractivity contribution in [1.82, 2.24) is 0 Å². The van der Waals surface area contributed by atoms with Crippen LogP contribution in [-0.2, 0) is 17.3 Å².